The van der Waals surface area contributed by atoms with Gasteiger partial charge in [0.2, 0.25) is 5.90 Å². The Morgan fingerprint density at radius 2 is 1.21 bits per heavy atom. The van der Waals surface area contributed by atoms with Gasteiger partial charge >= 0.3 is 0 Å². The van der Waals surface area contributed by atoms with Crippen molar-refractivity contribution < 1.29 is 4.74 Å². The highest BCUT2D eigenvalue weighted by molar-refractivity contribution is 5.99. The first-order valence-corrected chi connectivity index (χ1v) is 7.87. The molecular weight excluding hydrogens is 294 g/mol. The lowest BCUT2D eigenvalue weighted by molar-refractivity contribution is 0.405. The van der Waals surface area contributed by atoms with Gasteiger partial charge in [-0.3, -0.25) is 0 Å². The molecule has 0 bridgehead atoms. The van der Waals surface area contributed by atoms with Gasteiger partial charge in [0.1, 0.15) is 0 Å². The quantitative estimate of drug-likeness (QED) is 0.365. The van der Waals surface area contributed by atoms with Crippen LogP contribution in [0.5, 0.6) is 0 Å². The number of benzene rings is 3. The number of rotatable bonds is 4. The Bertz CT molecular complexity index is 822. The van der Waals surface area contributed by atoms with E-state index in [4.69, 9.17) is 9.73 Å². The van der Waals surface area contributed by atoms with Crippen LogP contribution in [-0.2, 0) is 4.74 Å². The highest BCUT2D eigenvalue weighted by atomic mass is 16.5. The van der Waals surface area contributed by atoms with Gasteiger partial charge in [-0.05, 0) is 23.8 Å². The summed E-state index contributed by atoms with van der Waals surface area (Å²) < 4.78 is 5.54. The number of ether oxygens (including phenoxy) is 1. The third-order valence-electron chi connectivity index (χ3n) is 3.61. The van der Waals surface area contributed by atoms with E-state index in [0.717, 1.165) is 22.4 Å². The second-order valence-electron chi connectivity index (χ2n) is 5.29. The topological polar surface area (TPSA) is 21.6 Å². The molecular formula is C22H19NO. The van der Waals surface area contributed by atoms with Crippen LogP contribution < -0.4 is 0 Å². The molecule has 0 aliphatic heterocycles. The van der Waals surface area contributed by atoms with E-state index < -0.39 is 0 Å². The smallest absolute Gasteiger partial charge is 0.221 e. The van der Waals surface area contributed by atoms with Crippen molar-refractivity contribution in [3.05, 3.63) is 108 Å². The first-order chi connectivity index (χ1) is 11.9. The van der Waals surface area contributed by atoms with Crippen molar-refractivity contribution in [1.29, 1.82) is 0 Å². The lowest BCUT2D eigenvalue weighted by atomic mass is 10.1. The molecule has 0 radical (unpaired) electrons. The summed E-state index contributed by atoms with van der Waals surface area (Å²) in [5, 5.41) is 0. The van der Waals surface area contributed by atoms with Crippen LogP contribution in [0.25, 0.3) is 11.8 Å². The number of hydrogen-bond donors (Lipinski definition) is 0. The van der Waals surface area contributed by atoms with E-state index in [0.29, 0.717) is 5.90 Å². The molecule has 0 aliphatic rings. The van der Waals surface area contributed by atoms with Gasteiger partial charge < -0.3 is 4.74 Å². The van der Waals surface area contributed by atoms with Gasteiger partial charge in [0, 0.05) is 11.1 Å². The predicted molar refractivity (Wildman–Crippen MR) is 101 cm³/mol. The van der Waals surface area contributed by atoms with Crippen molar-refractivity contribution in [3.63, 3.8) is 0 Å². The second kappa shape index (κ2) is 7.93. The lowest BCUT2D eigenvalue weighted by Crippen LogP contribution is -2.03. The van der Waals surface area contributed by atoms with Crippen LogP contribution in [0.15, 0.2) is 96.0 Å². The van der Waals surface area contributed by atoms with Gasteiger partial charge in [0.25, 0.3) is 0 Å². The van der Waals surface area contributed by atoms with E-state index in [-0.39, 0.29) is 0 Å². The zero-order valence-electron chi connectivity index (χ0n) is 13.6. The van der Waals surface area contributed by atoms with Gasteiger partial charge in [0.15, 0.2) is 0 Å². The van der Waals surface area contributed by atoms with E-state index in [1.165, 1.54) is 0 Å². The molecule has 0 fully saturated rings. The fourth-order valence-corrected chi connectivity index (χ4v) is 2.41. The van der Waals surface area contributed by atoms with Gasteiger partial charge in [-0.1, -0.05) is 78.9 Å². The third kappa shape index (κ3) is 3.99. The minimum atomic E-state index is 0.599. The normalized spacial score (nSPS) is 12.0. The summed E-state index contributed by atoms with van der Waals surface area (Å²) in [4.78, 5) is 4.79. The van der Waals surface area contributed by atoms with Crippen LogP contribution in [0.4, 0.5) is 0 Å². The minimum absolute atomic E-state index is 0.599. The summed E-state index contributed by atoms with van der Waals surface area (Å²) in [7, 11) is 1.65. The summed E-state index contributed by atoms with van der Waals surface area (Å²) >= 11 is 0. The summed E-state index contributed by atoms with van der Waals surface area (Å²) in [5.74, 6) is 0.599. The molecule has 3 aromatic rings. The van der Waals surface area contributed by atoms with Crippen molar-refractivity contribution in [1.82, 2.24) is 0 Å². The molecule has 118 valence electrons. The number of nitrogens with zero attached hydrogens (tertiary/aromatic N) is 1. The zero-order chi connectivity index (χ0) is 16.6. The standard InChI is InChI=1S/C22H19NO/c1-24-22(20-15-9-4-10-16-20)23-21(19-13-7-3-8-14-19)17-18-11-5-2-6-12-18/h2-17H,1H3/b21-17+,23-22?. The average molecular weight is 313 g/mol. The summed E-state index contributed by atoms with van der Waals surface area (Å²) in [6.45, 7) is 0. The maximum atomic E-state index is 5.54. The van der Waals surface area contributed by atoms with Gasteiger partial charge in [-0.15, -0.1) is 0 Å². The Hall–Kier alpha value is -3.13. The summed E-state index contributed by atoms with van der Waals surface area (Å²) in [6.07, 6.45) is 2.07. The molecule has 0 unspecified atom stereocenters. The Morgan fingerprint density at radius 3 is 1.75 bits per heavy atom. The predicted octanol–water partition coefficient (Wildman–Crippen LogP) is 5.28. The van der Waals surface area contributed by atoms with Gasteiger partial charge in [0.05, 0.1) is 12.8 Å². The molecule has 0 N–H and O–H groups in total. The molecule has 0 saturated heterocycles. The van der Waals surface area contributed by atoms with Crippen LogP contribution in [0.1, 0.15) is 16.7 Å². The largest absolute Gasteiger partial charge is 0.481 e. The highest BCUT2D eigenvalue weighted by Crippen LogP contribution is 2.21. The van der Waals surface area contributed by atoms with Crippen molar-refractivity contribution in [2.75, 3.05) is 7.11 Å². The highest BCUT2D eigenvalue weighted by Gasteiger charge is 2.06. The van der Waals surface area contributed by atoms with Crippen LogP contribution in [0.3, 0.4) is 0 Å². The van der Waals surface area contributed by atoms with E-state index in [9.17, 15) is 0 Å². The van der Waals surface area contributed by atoms with Crippen molar-refractivity contribution in [2.24, 2.45) is 4.99 Å². The molecule has 3 aromatic carbocycles. The molecule has 3 rings (SSSR count). The first kappa shape index (κ1) is 15.8. The van der Waals surface area contributed by atoms with Gasteiger partial charge in [-0.25, -0.2) is 4.99 Å². The first-order valence-electron chi connectivity index (χ1n) is 7.87. The molecule has 0 aromatic heterocycles. The van der Waals surface area contributed by atoms with Crippen LogP contribution >= 0.6 is 0 Å². The molecule has 0 amide bonds. The maximum Gasteiger partial charge on any atom is 0.221 e. The van der Waals surface area contributed by atoms with E-state index in [1.54, 1.807) is 7.11 Å². The fraction of sp³-hybridized carbons (Fsp3) is 0.0455. The van der Waals surface area contributed by atoms with Crippen molar-refractivity contribution >= 4 is 17.7 Å². The number of aliphatic imine (C=N–C) groups is 1. The molecule has 0 saturated carbocycles. The van der Waals surface area contributed by atoms with E-state index >= 15 is 0 Å². The van der Waals surface area contributed by atoms with Crippen LogP contribution in [0, 0.1) is 0 Å². The zero-order valence-corrected chi connectivity index (χ0v) is 13.6. The Morgan fingerprint density at radius 1 is 0.708 bits per heavy atom. The van der Waals surface area contributed by atoms with E-state index in [2.05, 4.69) is 30.3 Å². The number of methoxy groups -OCH3 is 1. The monoisotopic (exact) mass is 313 g/mol. The Kier molecular flexibility index (Phi) is 5.21. The Labute approximate surface area is 142 Å². The lowest BCUT2D eigenvalue weighted by Gasteiger charge is -2.08. The van der Waals surface area contributed by atoms with Crippen LogP contribution in [0.2, 0.25) is 0 Å². The molecule has 2 heteroatoms. The molecule has 0 spiro atoms. The minimum Gasteiger partial charge on any atom is -0.481 e. The maximum absolute atomic E-state index is 5.54. The molecule has 2 nitrogen and oxygen atoms in total. The van der Waals surface area contributed by atoms with Crippen molar-refractivity contribution in [3.8, 4) is 0 Å². The summed E-state index contributed by atoms with van der Waals surface area (Å²) in [6, 6.07) is 30.2. The number of hydrogen-bond acceptors (Lipinski definition) is 2. The average Bonchev–Trinajstić information content (AvgIpc) is 2.67. The fourth-order valence-electron chi connectivity index (χ4n) is 2.41. The SMILES string of the molecule is COC(=N/C(=C/c1ccccc1)c1ccccc1)c1ccccc1. The second-order valence-corrected chi connectivity index (χ2v) is 5.29. The molecule has 0 aliphatic carbocycles. The Balaban J connectivity index is 2.08. The molecule has 0 heterocycles. The molecule has 24 heavy (non-hydrogen) atoms. The van der Waals surface area contributed by atoms with Crippen LogP contribution in [-0.4, -0.2) is 13.0 Å². The van der Waals surface area contributed by atoms with Gasteiger partial charge in [-0.2, -0.15) is 0 Å². The summed E-state index contributed by atoms with van der Waals surface area (Å²) in [5.41, 5.74) is 3.97. The molecule has 0 atom stereocenters. The third-order valence-corrected chi connectivity index (χ3v) is 3.61. The van der Waals surface area contributed by atoms with E-state index in [1.807, 2.05) is 66.7 Å². The van der Waals surface area contributed by atoms with Crippen molar-refractivity contribution in [2.45, 2.75) is 0 Å².